The molecule has 1 aliphatic rings. The van der Waals surface area contributed by atoms with Gasteiger partial charge in [-0.2, -0.15) is 0 Å². The lowest BCUT2D eigenvalue weighted by molar-refractivity contribution is 0.301. The van der Waals surface area contributed by atoms with Crippen LogP contribution in [-0.2, 0) is 13.0 Å². The zero-order chi connectivity index (χ0) is 10.7. The number of hydrogen-bond donors (Lipinski definition) is 2. The molecule has 0 radical (unpaired) electrons. The van der Waals surface area contributed by atoms with Gasteiger partial charge in [-0.1, -0.05) is 12.1 Å². The molecule has 82 valence electrons. The molecule has 0 spiro atoms. The maximum atomic E-state index is 5.46. The Hall–Kier alpha value is -1.10. The zero-order valence-corrected chi connectivity index (χ0v) is 8.99. The Labute approximate surface area is 90.0 Å². The molecule has 4 heteroatoms. The van der Waals surface area contributed by atoms with Crippen molar-refractivity contribution in [2.24, 2.45) is 5.84 Å². The Morgan fingerprint density at radius 2 is 2.40 bits per heavy atom. The molecule has 0 unspecified atom stereocenters. The van der Waals surface area contributed by atoms with E-state index in [1.54, 1.807) is 0 Å². The van der Waals surface area contributed by atoms with E-state index in [0.717, 1.165) is 25.3 Å². The predicted octanol–water partition coefficient (Wildman–Crippen LogP) is 0.474. The van der Waals surface area contributed by atoms with Crippen LogP contribution in [0.25, 0.3) is 0 Å². The first kappa shape index (κ1) is 10.4. The summed E-state index contributed by atoms with van der Waals surface area (Å²) in [5.41, 5.74) is 5.26. The zero-order valence-electron chi connectivity index (χ0n) is 8.99. The van der Waals surface area contributed by atoms with Crippen LogP contribution in [0.5, 0.6) is 5.75 Å². The Bertz CT molecular complexity index is 341. The number of ether oxygens (including phenoxy) is 1. The quantitative estimate of drug-likeness (QED) is 0.428. The van der Waals surface area contributed by atoms with Crippen LogP contribution in [-0.4, -0.2) is 25.2 Å². The van der Waals surface area contributed by atoms with Crippen LogP contribution in [0.4, 0.5) is 0 Å². The van der Waals surface area contributed by atoms with E-state index >= 15 is 0 Å². The monoisotopic (exact) mass is 207 g/mol. The molecule has 0 bridgehead atoms. The summed E-state index contributed by atoms with van der Waals surface area (Å²) in [6.07, 6.45) is 1.03. The highest BCUT2D eigenvalue weighted by Gasteiger charge is 2.12. The van der Waals surface area contributed by atoms with E-state index in [-0.39, 0.29) is 0 Å². The number of nitrogens with two attached hydrogens (primary N) is 1. The van der Waals surface area contributed by atoms with Crippen LogP contribution in [0, 0.1) is 0 Å². The van der Waals surface area contributed by atoms with Crippen LogP contribution in [0.3, 0.4) is 0 Å². The van der Waals surface area contributed by atoms with Gasteiger partial charge in [0, 0.05) is 13.0 Å². The van der Waals surface area contributed by atoms with E-state index in [4.69, 9.17) is 10.6 Å². The summed E-state index contributed by atoms with van der Waals surface area (Å²) in [5, 5.41) is 0. The first-order valence-electron chi connectivity index (χ1n) is 5.16. The summed E-state index contributed by atoms with van der Waals surface area (Å²) in [5.74, 6) is 6.30. The molecule has 1 heterocycles. The molecular weight excluding hydrogens is 190 g/mol. The minimum absolute atomic E-state index is 0.688. The number of nitrogens with zero attached hydrogens (tertiary/aromatic N) is 1. The predicted molar refractivity (Wildman–Crippen MR) is 59.3 cm³/mol. The van der Waals surface area contributed by atoms with E-state index in [9.17, 15) is 0 Å². The fourth-order valence-corrected chi connectivity index (χ4v) is 1.86. The molecule has 4 nitrogen and oxygen atoms in total. The van der Waals surface area contributed by atoms with Gasteiger partial charge in [0.15, 0.2) is 0 Å². The summed E-state index contributed by atoms with van der Waals surface area (Å²) >= 11 is 0. The smallest absolute Gasteiger partial charge is 0.122 e. The molecule has 2 rings (SSSR count). The molecular formula is C11H17N3O. The van der Waals surface area contributed by atoms with Crippen LogP contribution in [0.2, 0.25) is 0 Å². The highest BCUT2D eigenvalue weighted by atomic mass is 16.5. The summed E-state index contributed by atoms with van der Waals surface area (Å²) in [7, 11) is 2.03. The van der Waals surface area contributed by atoms with Crippen molar-refractivity contribution in [3.05, 3.63) is 29.3 Å². The SMILES string of the molecule is CN(CNN)Cc1ccc2c(c1)CCO2. The molecule has 0 aliphatic carbocycles. The maximum absolute atomic E-state index is 5.46. The van der Waals surface area contributed by atoms with Gasteiger partial charge in [-0.05, 0) is 24.2 Å². The second-order valence-corrected chi connectivity index (χ2v) is 3.92. The third-order valence-corrected chi connectivity index (χ3v) is 2.57. The third kappa shape index (κ3) is 2.47. The Morgan fingerprint density at radius 3 is 3.20 bits per heavy atom. The van der Waals surface area contributed by atoms with Gasteiger partial charge < -0.3 is 4.74 Å². The molecule has 3 N–H and O–H groups in total. The van der Waals surface area contributed by atoms with Crippen LogP contribution in [0.15, 0.2) is 18.2 Å². The number of benzene rings is 1. The summed E-state index contributed by atoms with van der Waals surface area (Å²) in [4.78, 5) is 2.12. The molecule has 1 aromatic carbocycles. The summed E-state index contributed by atoms with van der Waals surface area (Å²) < 4.78 is 5.46. The first-order valence-corrected chi connectivity index (χ1v) is 5.16. The normalized spacial score (nSPS) is 14.1. The molecule has 1 aromatic rings. The minimum Gasteiger partial charge on any atom is -0.493 e. The Kier molecular flexibility index (Phi) is 3.20. The average Bonchev–Trinajstić information content (AvgIpc) is 2.65. The number of nitrogens with one attached hydrogen (secondary N) is 1. The van der Waals surface area contributed by atoms with Gasteiger partial charge in [-0.15, -0.1) is 0 Å². The van der Waals surface area contributed by atoms with Crippen molar-refractivity contribution in [2.75, 3.05) is 20.3 Å². The first-order chi connectivity index (χ1) is 7.29. The lowest BCUT2D eigenvalue weighted by atomic mass is 10.1. The topological polar surface area (TPSA) is 50.5 Å². The van der Waals surface area contributed by atoms with Crippen molar-refractivity contribution in [3.8, 4) is 5.75 Å². The highest BCUT2D eigenvalue weighted by Crippen LogP contribution is 2.26. The van der Waals surface area contributed by atoms with Crippen molar-refractivity contribution in [1.29, 1.82) is 0 Å². The molecule has 0 amide bonds. The molecule has 0 saturated heterocycles. The molecule has 15 heavy (non-hydrogen) atoms. The molecule has 0 fully saturated rings. The second-order valence-electron chi connectivity index (χ2n) is 3.92. The van der Waals surface area contributed by atoms with E-state index < -0.39 is 0 Å². The Balaban J connectivity index is 2.03. The van der Waals surface area contributed by atoms with Gasteiger partial charge in [0.05, 0.1) is 13.3 Å². The fourth-order valence-electron chi connectivity index (χ4n) is 1.86. The number of hydrogen-bond acceptors (Lipinski definition) is 4. The second kappa shape index (κ2) is 4.61. The largest absolute Gasteiger partial charge is 0.493 e. The van der Waals surface area contributed by atoms with E-state index in [0.29, 0.717) is 6.67 Å². The summed E-state index contributed by atoms with van der Waals surface area (Å²) in [6.45, 7) is 2.41. The van der Waals surface area contributed by atoms with Crippen LogP contribution < -0.4 is 16.0 Å². The van der Waals surface area contributed by atoms with E-state index in [2.05, 4.69) is 28.5 Å². The van der Waals surface area contributed by atoms with Crippen molar-refractivity contribution in [1.82, 2.24) is 10.3 Å². The number of rotatable bonds is 4. The highest BCUT2D eigenvalue weighted by molar-refractivity contribution is 5.39. The van der Waals surface area contributed by atoms with Gasteiger partial charge in [-0.3, -0.25) is 10.7 Å². The van der Waals surface area contributed by atoms with E-state index in [1.165, 1.54) is 11.1 Å². The van der Waals surface area contributed by atoms with Crippen LogP contribution >= 0.6 is 0 Å². The molecule has 0 aromatic heterocycles. The number of fused-ring (bicyclic) bond motifs is 1. The fraction of sp³-hybridized carbons (Fsp3) is 0.455. The molecule has 1 aliphatic heterocycles. The lowest BCUT2D eigenvalue weighted by Gasteiger charge is -2.16. The lowest BCUT2D eigenvalue weighted by Crippen LogP contribution is -2.35. The molecule has 0 atom stereocenters. The Morgan fingerprint density at radius 1 is 1.53 bits per heavy atom. The van der Waals surface area contributed by atoms with Gasteiger partial charge >= 0.3 is 0 Å². The van der Waals surface area contributed by atoms with Gasteiger partial charge in [0.25, 0.3) is 0 Å². The third-order valence-electron chi connectivity index (χ3n) is 2.57. The van der Waals surface area contributed by atoms with Crippen LogP contribution in [0.1, 0.15) is 11.1 Å². The summed E-state index contributed by atoms with van der Waals surface area (Å²) in [6, 6.07) is 6.38. The minimum atomic E-state index is 0.688. The van der Waals surface area contributed by atoms with E-state index in [1.807, 2.05) is 7.05 Å². The molecule has 0 saturated carbocycles. The van der Waals surface area contributed by atoms with Gasteiger partial charge in [-0.25, -0.2) is 5.43 Å². The van der Waals surface area contributed by atoms with Crippen molar-refractivity contribution in [3.63, 3.8) is 0 Å². The van der Waals surface area contributed by atoms with Crippen molar-refractivity contribution < 1.29 is 4.74 Å². The van der Waals surface area contributed by atoms with Crippen molar-refractivity contribution >= 4 is 0 Å². The number of hydrazine groups is 1. The maximum Gasteiger partial charge on any atom is 0.122 e. The standard InChI is InChI=1S/C11H17N3O/c1-14(8-13-12)7-9-2-3-11-10(6-9)4-5-15-11/h2-3,6,13H,4-5,7-8,12H2,1H3. The van der Waals surface area contributed by atoms with Gasteiger partial charge in [0.1, 0.15) is 5.75 Å². The van der Waals surface area contributed by atoms with Gasteiger partial charge in [0.2, 0.25) is 0 Å². The average molecular weight is 207 g/mol. The van der Waals surface area contributed by atoms with Crippen molar-refractivity contribution in [2.45, 2.75) is 13.0 Å².